The second kappa shape index (κ2) is 6.57. The van der Waals surface area contributed by atoms with E-state index >= 15 is 0 Å². The molecule has 0 saturated carbocycles. The summed E-state index contributed by atoms with van der Waals surface area (Å²) in [6, 6.07) is 10.9. The molecule has 1 heterocycles. The lowest BCUT2D eigenvalue weighted by Crippen LogP contribution is -2.14. The van der Waals surface area contributed by atoms with Crippen molar-refractivity contribution in [3.05, 3.63) is 52.2 Å². The first-order valence-corrected chi connectivity index (χ1v) is 7.19. The van der Waals surface area contributed by atoms with Crippen molar-refractivity contribution in [3.63, 3.8) is 0 Å². The minimum Gasteiger partial charge on any atom is -0.489 e. The summed E-state index contributed by atoms with van der Waals surface area (Å²) < 4.78 is 5.74. The second-order valence-corrected chi connectivity index (χ2v) is 5.02. The molecule has 18 heavy (non-hydrogen) atoms. The van der Waals surface area contributed by atoms with Gasteiger partial charge in [0.15, 0.2) is 0 Å². The summed E-state index contributed by atoms with van der Waals surface area (Å²) in [4.78, 5) is 0. The van der Waals surface area contributed by atoms with Gasteiger partial charge in [0.1, 0.15) is 12.4 Å². The Hall–Kier alpha value is -1.32. The summed E-state index contributed by atoms with van der Waals surface area (Å²) >= 11 is 1.70. The molecule has 0 fully saturated rings. The van der Waals surface area contributed by atoms with Crippen LogP contribution in [-0.2, 0) is 6.61 Å². The van der Waals surface area contributed by atoms with E-state index in [4.69, 9.17) is 4.74 Å². The highest BCUT2D eigenvalue weighted by Gasteiger charge is 2.06. The minimum atomic E-state index is 0.427. The molecule has 1 aromatic carbocycles. The molecular weight excluding hydrogens is 242 g/mol. The van der Waals surface area contributed by atoms with Crippen molar-refractivity contribution in [1.29, 1.82) is 0 Å². The predicted octanol–water partition coefficient (Wildman–Crippen LogP) is 4.00. The standard InChI is InChI=1S/C15H19NOS/c1-3-15(16-2)13-4-6-14(7-5-13)17-10-12-8-9-18-11-12/h4-9,11,15-16H,3,10H2,1-2H3. The normalized spacial score (nSPS) is 12.3. The predicted molar refractivity (Wildman–Crippen MR) is 77.2 cm³/mol. The number of benzene rings is 1. The monoisotopic (exact) mass is 261 g/mol. The Labute approximate surface area is 113 Å². The smallest absolute Gasteiger partial charge is 0.119 e. The summed E-state index contributed by atoms with van der Waals surface area (Å²) in [6.07, 6.45) is 1.09. The first-order chi connectivity index (χ1) is 8.83. The number of nitrogens with one attached hydrogen (secondary N) is 1. The van der Waals surface area contributed by atoms with Gasteiger partial charge in [0.05, 0.1) is 0 Å². The molecule has 3 heteroatoms. The molecule has 1 unspecified atom stereocenters. The third-order valence-electron chi connectivity index (χ3n) is 3.02. The van der Waals surface area contributed by atoms with Crippen LogP contribution in [0.5, 0.6) is 5.75 Å². The highest BCUT2D eigenvalue weighted by Crippen LogP contribution is 2.20. The number of rotatable bonds is 6. The minimum absolute atomic E-state index is 0.427. The van der Waals surface area contributed by atoms with E-state index < -0.39 is 0 Å². The molecular formula is C15H19NOS. The first kappa shape index (κ1) is 13.1. The molecule has 0 aliphatic carbocycles. The molecule has 1 aromatic heterocycles. The van der Waals surface area contributed by atoms with Crippen LogP contribution in [0.4, 0.5) is 0 Å². The highest BCUT2D eigenvalue weighted by atomic mass is 32.1. The van der Waals surface area contributed by atoms with Gasteiger partial charge in [-0.05, 0) is 53.6 Å². The number of thiophene rings is 1. The van der Waals surface area contributed by atoms with Crippen LogP contribution >= 0.6 is 11.3 Å². The molecule has 0 aliphatic rings. The van der Waals surface area contributed by atoms with E-state index in [1.54, 1.807) is 11.3 Å². The molecule has 0 saturated heterocycles. The van der Waals surface area contributed by atoms with Gasteiger partial charge in [-0.15, -0.1) is 0 Å². The van der Waals surface area contributed by atoms with Gasteiger partial charge in [0.25, 0.3) is 0 Å². The molecule has 2 rings (SSSR count). The van der Waals surface area contributed by atoms with Crippen LogP contribution in [0.2, 0.25) is 0 Å². The number of hydrogen-bond acceptors (Lipinski definition) is 3. The van der Waals surface area contributed by atoms with Gasteiger partial charge in [-0.3, -0.25) is 0 Å². The maximum atomic E-state index is 5.74. The maximum Gasteiger partial charge on any atom is 0.119 e. The zero-order valence-electron chi connectivity index (χ0n) is 10.8. The summed E-state index contributed by atoms with van der Waals surface area (Å²) in [5, 5.41) is 7.49. The van der Waals surface area contributed by atoms with Gasteiger partial charge in [0.2, 0.25) is 0 Å². The molecule has 1 atom stereocenters. The first-order valence-electron chi connectivity index (χ1n) is 6.24. The Morgan fingerprint density at radius 3 is 2.56 bits per heavy atom. The largest absolute Gasteiger partial charge is 0.489 e. The van der Waals surface area contributed by atoms with Gasteiger partial charge in [0, 0.05) is 6.04 Å². The van der Waals surface area contributed by atoms with Crippen LogP contribution in [0, 0.1) is 0 Å². The van der Waals surface area contributed by atoms with Gasteiger partial charge in [-0.25, -0.2) is 0 Å². The van der Waals surface area contributed by atoms with Crippen LogP contribution in [-0.4, -0.2) is 7.05 Å². The maximum absolute atomic E-state index is 5.74. The van der Waals surface area contributed by atoms with Crippen molar-refractivity contribution in [2.75, 3.05) is 7.05 Å². The van der Waals surface area contributed by atoms with Gasteiger partial charge < -0.3 is 10.1 Å². The molecule has 0 bridgehead atoms. The Kier molecular flexibility index (Phi) is 4.79. The lowest BCUT2D eigenvalue weighted by molar-refractivity contribution is 0.306. The van der Waals surface area contributed by atoms with Crippen LogP contribution in [0.1, 0.15) is 30.5 Å². The van der Waals surface area contributed by atoms with E-state index in [1.165, 1.54) is 11.1 Å². The van der Waals surface area contributed by atoms with E-state index in [-0.39, 0.29) is 0 Å². The SMILES string of the molecule is CCC(NC)c1ccc(OCc2ccsc2)cc1. The number of ether oxygens (including phenoxy) is 1. The van der Waals surface area contributed by atoms with Crippen molar-refractivity contribution >= 4 is 11.3 Å². The fourth-order valence-corrected chi connectivity index (χ4v) is 2.60. The summed E-state index contributed by atoms with van der Waals surface area (Å²) in [5.41, 5.74) is 2.54. The molecule has 1 N–H and O–H groups in total. The quantitative estimate of drug-likeness (QED) is 0.848. The average Bonchev–Trinajstić information content (AvgIpc) is 2.92. The van der Waals surface area contributed by atoms with E-state index in [9.17, 15) is 0 Å². The Balaban J connectivity index is 1.95. The number of hydrogen-bond donors (Lipinski definition) is 1. The van der Waals surface area contributed by atoms with Gasteiger partial charge in [-0.2, -0.15) is 11.3 Å². The van der Waals surface area contributed by atoms with E-state index in [0.29, 0.717) is 12.6 Å². The zero-order valence-corrected chi connectivity index (χ0v) is 11.7. The summed E-state index contributed by atoms with van der Waals surface area (Å²) in [6.45, 7) is 2.83. The summed E-state index contributed by atoms with van der Waals surface area (Å²) in [7, 11) is 2.00. The van der Waals surface area contributed by atoms with Crippen molar-refractivity contribution in [2.24, 2.45) is 0 Å². The average molecular weight is 261 g/mol. The van der Waals surface area contributed by atoms with Gasteiger partial charge in [-0.1, -0.05) is 19.1 Å². The zero-order chi connectivity index (χ0) is 12.8. The van der Waals surface area contributed by atoms with Crippen molar-refractivity contribution in [1.82, 2.24) is 5.32 Å². The Bertz CT molecular complexity index is 446. The van der Waals surface area contributed by atoms with Crippen molar-refractivity contribution < 1.29 is 4.74 Å². The fraction of sp³-hybridized carbons (Fsp3) is 0.333. The third kappa shape index (κ3) is 3.34. The van der Waals surface area contributed by atoms with Crippen molar-refractivity contribution in [3.8, 4) is 5.75 Å². The summed E-state index contributed by atoms with van der Waals surface area (Å²) in [5.74, 6) is 0.927. The van der Waals surface area contributed by atoms with Gasteiger partial charge >= 0.3 is 0 Å². The van der Waals surface area contributed by atoms with Crippen LogP contribution in [0.15, 0.2) is 41.1 Å². The Morgan fingerprint density at radius 1 is 1.22 bits per heavy atom. The molecule has 0 aliphatic heterocycles. The third-order valence-corrected chi connectivity index (χ3v) is 3.76. The van der Waals surface area contributed by atoms with E-state index in [1.807, 2.05) is 19.2 Å². The van der Waals surface area contributed by atoms with Crippen molar-refractivity contribution in [2.45, 2.75) is 26.0 Å². The molecule has 0 amide bonds. The molecule has 2 nitrogen and oxygen atoms in total. The topological polar surface area (TPSA) is 21.3 Å². The Morgan fingerprint density at radius 2 is 2.00 bits per heavy atom. The molecule has 0 radical (unpaired) electrons. The molecule has 0 spiro atoms. The fourth-order valence-electron chi connectivity index (χ4n) is 1.94. The van der Waals surface area contributed by atoms with Crippen LogP contribution in [0.25, 0.3) is 0 Å². The molecule has 96 valence electrons. The molecule has 2 aromatic rings. The van der Waals surface area contributed by atoms with Crippen LogP contribution < -0.4 is 10.1 Å². The second-order valence-electron chi connectivity index (χ2n) is 4.24. The van der Waals surface area contributed by atoms with E-state index in [2.05, 4.69) is 41.2 Å². The highest BCUT2D eigenvalue weighted by molar-refractivity contribution is 7.07. The lowest BCUT2D eigenvalue weighted by Gasteiger charge is -2.14. The van der Waals surface area contributed by atoms with E-state index in [0.717, 1.165) is 12.2 Å². The van der Waals surface area contributed by atoms with Crippen LogP contribution in [0.3, 0.4) is 0 Å². The lowest BCUT2D eigenvalue weighted by atomic mass is 10.0.